The molecule has 2 amide bonds. The van der Waals surface area contributed by atoms with Crippen LogP contribution in [0.4, 0.5) is 16.2 Å². The molecule has 2 aliphatic rings. The predicted molar refractivity (Wildman–Crippen MR) is 174 cm³/mol. The average Bonchev–Trinajstić information content (AvgIpc) is 3.02. The fourth-order valence-electron chi connectivity index (χ4n) is 5.86. The number of anilines is 2. The number of nitrogens with one attached hydrogen (secondary N) is 3. The van der Waals surface area contributed by atoms with Crippen molar-refractivity contribution in [2.75, 3.05) is 24.3 Å². The number of hydrogen-bond acceptors (Lipinski definition) is 5. The van der Waals surface area contributed by atoms with Gasteiger partial charge in [0.1, 0.15) is 6.04 Å². The molecule has 5 aromatic rings. The zero-order valence-corrected chi connectivity index (χ0v) is 24.9. The Hall–Kier alpha value is -5.37. The second kappa shape index (κ2) is 12.1. The first-order chi connectivity index (χ1) is 21.3. The van der Waals surface area contributed by atoms with Crippen LogP contribution < -0.4 is 16.2 Å². The summed E-state index contributed by atoms with van der Waals surface area (Å²) in [5, 5.41) is 7.64. The van der Waals surface area contributed by atoms with E-state index in [2.05, 4.69) is 15.6 Å². The Labute approximate surface area is 255 Å². The molecule has 2 aliphatic heterocycles. The lowest BCUT2D eigenvalue weighted by atomic mass is 9.92. The van der Waals surface area contributed by atoms with E-state index in [1.807, 2.05) is 98.8 Å². The molecule has 4 aromatic carbocycles. The van der Waals surface area contributed by atoms with Gasteiger partial charge in [0.15, 0.2) is 0 Å². The third-order valence-electron chi connectivity index (χ3n) is 8.18. The SMILES string of the molecule is Cc1cc2ccc1[C@@H](C)COC(=O)Nc1ccc(-c3ccccc3)c(c1)CN(C)C(=O)[C@@H]2Nc1ccc2cc[nH]c(=O)c2c1. The van der Waals surface area contributed by atoms with Crippen LogP contribution in [0.1, 0.15) is 41.1 Å². The lowest BCUT2D eigenvalue weighted by Gasteiger charge is -2.28. The molecular formula is C36H34N4O4. The summed E-state index contributed by atoms with van der Waals surface area (Å²) in [6.45, 7) is 4.50. The van der Waals surface area contributed by atoms with Gasteiger partial charge in [-0.2, -0.15) is 0 Å². The van der Waals surface area contributed by atoms with Crippen LogP contribution in [0.5, 0.6) is 0 Å². The number of fused-ring (bicyclic) bond motifs is 10. The fraction of sp³-hybridized carbons (Fsp3) is 0.194. The Morgan fingerprint density at radius 1 is 0.909 bits per heavy atom. The number of H-pyrrole nitrogens is 1. The highest BCUT2D eigenvalue weighted by molar-refractivity contribution is 5.89. The number of carbonyl (C=O) groups excluding carboxylic acids is 2. The van der Waals surface area contributed by atoms with Crippen LogP contribution in [-0.2, 0) is 16.1 Å². The maximum atomic E-state index is 14.3. The van der Waals surface area contributed by atoms with Crippen molar-refractivity contribution < 1.29 is 14.3 Å². The number of aryl methyl sites for hydroxylation is 1. The van der Waals surface area contributed by atoms with E-state index in [4.69, 9.17) is 4.74 Å². The molecule has 0 radical (unpaired) electrons. The van der Waals surface area contributed by atoms with Crippen molar-refractivity contribution in [1.82, 2.24) is 9.88 Å². The number of likely N-dealkylation sites (N-methyl/N-ethyl adjacent to an activating group) is 1. The smallest absolute Gasteiger partial charge is 0.411 e. The minimum atomic E-state index is -0.726. The minimum absolute atomic E-state index is 0.0595. The van der Waals surface area contributed by atoms with Crippen molar-refractivity contribution in [2.45, 2.75) is 32.4 Å². The second-order valence-corrected chi connectivity index (χ2v) is 11.4. The third-order valence-corrected chi connectivity index (χ3v) is 8.18. The molecule has 0 saturated heterocycles. The normalized spacial score (nSPS) is 17.3. The number of benzene rings is 4. The van der Waals surface area contributed by atoms with E-state index in [1.165, 1.54) is 0 Å². The summed E-state index contributed by atoms with van der Waals surface area (Å²) in [5.41, 5.74) is 6.69. The Balaban J connectivity index is 1.44. The molecule has 44 heavy (non-hydrogen) atoms. The number of nitrogens with zero attached hydrogens (tertiary/aromatic N) is 1. The highest BCUT2D eigenvalue weighted by Crippen LogP contribution is 2.31. The maximum absolute atomic E-state index is 14.3. The minimum Gasteiger partial charge on any atom is -0.449 e. The molecule has 3 N–H and O–H groups in total. The van der Waals surface area contributed by atoms with E-state index in [0.717, 1.165) is 38.8 Å². The fourth-order valence-corrected chi connectivity index (χ4v) is 5.86. The highest BCUT2D eigenvalue weighted by Gasteiger charge is 2.26. The summed E-state index contributed by atoms with van der Waals surface area (Å²) < 4.78 is 5.60. The van der Waals surface area contributed by atoms with Crippen molar-refractivity contribution >= 4 is 34.1 Å². The number of ether oxygens (including phenoxy) is 1. The molecule has 222 valence electrons. The van der Waals surface area contributed by atoms with Gasteiger partial charge in [-0.25, -0.2) is 4.79 Å². The number of aromatic amines is 1. The molecule has 0 aliphatic carbocycles. The topological polar surface area (TPSA) is 104 Å². The zero-order chi connectivity index (χ0) is 30.8. The van der Waals surface area contributed by atoms with Gasteiger partial charge in [-0.3, -0.25) is 14.9 Å². The molecule has 3 heterocycles. The molecule has 0 saturated carbocycles. The van der Waals surface area contributed by atoms with E-state index in [0.29, 0.717) is 16.8 Å². The zero-order valence-electron chi connectivity index (χ0n) is 24.9. The second-order valence-electron chi connectivity index (χ2n) is 11.4. The van der Waals surface area contributed by atoms with Crippen molar-refractivity contribution in [2.24, 2.45) is 0 Å². The van der Waals surface area contributed by atoms with Crippen LogP contribution in [-0.4, -0.2) is 35.5 Å². The number of amides is 2. The van der Waals surface area contributed by atoms with Crippen LogP contribution in [0.15, 0.2) is 102 Å². The molecule has 0 fully saturated rings. The molecule has 4 bridgehead atoms. The van der Waals surface area contributed by atoms with Crippen LogP contribution in [0.25, 0.3) is 21.9 Å². The van der Waals surface area contributed by atoms with Gasteiger partial charge in [-0.15, -0.1) is 0 Å². The van der Waals surface area contributed by atoms with E-state index >= 15 is 0 Å². The molecule has 7 rings (SSSR count). The van der Waals surface area contributed by atoms with Gasteiger partial charge in [0, 0.05) is 42.5 Å². The van der Waals surface area contributed by atoms with Gasteiger partial charge in [-0.1, -0.05) is 67.6 Å². The van der Waals surface area contributed by atoms with E-state index in [1.54, 1.807) is 24.2 Å². The summed E-state index contributed by atoms with van der Waals surface area (Å²) >= 11 is 0. The maximum Gasteiger partial charge on any atom is 0.411 e. The van der Waals surface area contributed by atoms with Crippen LogP contribution in [0.3, 0.4) is 0 Å². The van der Waals surface area contributed by atoms with E-state index < -0.39 is 12.1 Å². The first-order valence-corrected chi connectivity index (χ1v) is 14.6. The lowest BCUT2D eigenvalue weighted by Crippen LogP contribution is -2.35. The predicted octanol–water partition coefficient (Wildman–Crippen LogP) is 6.98. The number of carbonyl (C=O) groups is 2. The highest BCUT2D eigenvalue weighted by atomic mass is 16.5. The van der Waals surface area contributed by atoms with Gasteiger partial charge in [0.2, 0.25) is 5.91 Å². The van der Waals surface area contributed by atoms with Gasteiger partial charge in [-0.05, 0) is 76.0 Å². The quantitative estimate of drug-likeness (QED) is 0.212. The molecule has 2 atom stereocenters. The van der Waals surface area contributed by atoms with Crippen molar-refractivity contribution in [1.29, 1.82) is 0 Å². The summed E-state index contributed by atoms with van der Waals surface area (Å²) in [5.74, 6) is -0.202. The average molecular weight is 587 g/mol. The first kappa shape index (κ1) is 28.7. The first-order valence-electron chi connectivity index (χ1n) is 14.6. The molecule has 1 aromatic heterocycles. The summed E-state index contributed by atoms with van der Waals surface area (Å²) in [4.78, 5) is 44.0. The van der Waals surface area contributed by atoms with Crippen molar-refractivity contribution in [3.8, 4) is 11.1 Å². The molecule has 8 heteroatoms. The van der Waals surface area contributed by atoms with Crippen molar-refractivity contribution in [3.05, 3.63) is 130 Å². The largest absolute Gasteiger partial charge is 0.449 e. The summed E-state index contributed by atoms with van der Waals surface area (Å²) in [6, 6.07) is 28.2. The van der Waals surface area contributed by atoms with Crippen molar-refractivity contribution in [3.63, 3.8) is 0 Å². The summed E-state index contributed by atoms with van der Waals surface area (Å²) in [7, 11) is 1.78. The Morgan fingerprint density at radius 3 is 2.52 bits per heavy atom. The molecular weight excluding hydrogens is 552 g/mol. The lowest BCUT2D eigenvalue weighted by molar-refractivity contribution is -0.131. The van der Waals surface area contributed by atoms with Gasteiger partial charge in [0.25, 0.3) is 5.56 Å². The Kier molecular flexibility index (Phi) is 7.89. The van der Waals surface area contributed by atoms with Crippen LogP contribution >= 0.6 is 0 Å². The van der Waals surface area contributed by atoms with Crippen LogP contribution in [0.2, 0.25) is 0 Å². The Bertz CT molecular complexity index is 1920. The van der Waals surface area contributed by atoms with Gasteiger partial charge in [0.05, 0.1) is 6.61 Å². The number of aromatic nitrogens is 1. The number of pyridine rings is 1. The molecule has 8 nitrogen and oxygen atoms in total. The molecule has 0 unspecified atom stereocenters. The Morgan fingerprint density at radius 2 is 1.73 bits per heavy atom. The monoisotopic (exact) mass is 586 g/mol. The standard InChI is InChI=1S/C36H34N4O4/c1-22-17-26-10-13-30(22)23(2)21-44-36(43)39-28-12-14-31(24-7-5-4-6-8-24)27(18-28)20-40(3)35(42)33(26)38-29-11-9-25-15-16-37-34(41)32(25)19-29/h4-19,23,33,38H,20-21H2,1-3H3,(H,37,41)(H,39,43)/t23-,33+/m0/s1. The molecule has 0 spiro atoms. The van der Waals surface area contributed by atoms with E-state index in [-0.39, 0.29) is 30.5 Å². The number of rotatable bonds is 3. The van der Waals surface area contributed by atoms with Gasteiger partial charge < -0.3 is 19.9 Å². The number of hydrogen-bond donors (Lipinski definition) is 3. The van der Waals surface area contributed by atoms with Crippen LogP contribution in [0, 0.1) is 6.92 Å². The van der Waals surface area contributed by atoms with Gasteiger partial charge >= 0.3 is 6.09 Å². The van der Waals surface area contributed by atoms with E-state index in [9.17, 15) is 14.4 Å². The third kappa shape index (κ3) is 5.92. The summed E-state index contributed by atoms with van der Waals surface area (Å²) in [6.07, 6.45) is 1.10.